The van der Waals surface area contributed by atoms with Crippen LogP contribution in [0.4, 0.5) is 5.69 Å². The average Bonchev–Trinajstić information content (AvgIpc) is 2.74. The van der Waals surface area contributed by atoms with Gasteiger partial charge in [0, 0.05) is 32.7 Å². The second-order valence-electron chi connectivity index (χ2n) is 8.33. The molecule has 174 valence electrons. The Hall–Kier alpha value is -2.43. The molecule has 1 heterocycles. The maximum atomic E-state index is 13.0. The van der Waals surface area contributed by atoms with Gasteiger partial charge in [-0.15, -0.1) is 0 Å². The number of carbonyl (C=O) groups is 1. The summed E-state index contributed by atoms with van der Waals surface area (Å²) in [5.74, 6) is 0.114. The third-order valence-electron chi connectivity index (χ3n) is 5.69. The molecule has 0 bridgehead atoms. The van der Waals surface area contributed by atoms with E-state index in [1.165, 1.54) is 18.4 Å². The lowest BCUT2D eigenvalue weighted by molar-refractivity contribution is 0.0713. The van der Waals surface area contributed by atoms with Gasteiger partial charge in [0.1, 0.15) is 0 Å². The first-order valence-electron chi connectivity index (χ1n) is 10.3. The van der Waals surface area contributed by atoms with Crippen molar-refractivity contribution in [1.82, 2.24) is 9.21 Å². The lowest BCUT2D eigenvalue weighted by atomic mass is 9.89. The van der Waals surface area contributed by atoms with E-state index in [9.17, 15) is 21.6 Å². The molecule has 0 aromatic heterocycles. The predicted molar refractivity (Wildman–Crippen MR) is 125 cm³/mol. The van der Waals surface area contributed by atoms with Crippen LogP contribution in [-0.2, 0) is 20.0 Å². The molecule has 0 radical (unpaired) electrons. The number of likely N-dealkylation sites (tertiary alicyclic amines) is 1. The molecule has 3 rings (SSSR count). The van der Waals surface area contributed by atoms with Crippen LogP contribution in [-0.4, -0.2) is 65.4 Å². The fourth-order valence-electron chi connectivity index (χ4n) is 3.79. The molecule has 1 amide bonds. The van der Waals surface area contributed by atoms with Crippen LogP contribution in [0.1, 0.15) is 40.2 Å². The Labute approximate surface area is 190 Å². The van der Waals surface area contributed by atoms with Crippen LogP contribution in [0.5, 0.6) is 0 Å². The third-order valence-corrected chi connectivity index (χ3v) is 8.11. The number of aryl methyl sites for hydroxylation is 1. The first-order valence-corrected chi connectivity index (χ1v) is 13.6. The number of amides is 1. The van der Waals surface area contributed by atoms with E-state index in [1.807, 2.05) is 12.1 Å². The zero-order valence-corrected chi connectivity index (χ0v) is 20.3. The zero-order valence-electron chi connectivity index (χ0n) is 18.7. The minimum absolute atomic E-state index is 0.132. The molecule has 8 nitrogen and oxygen atoms in total. The van der Waals surface area contributed by atoms with Crippen LogP contribution in [0.2, 0.25) is 0 Å². The molecule has 0 spiro atoms. The summed E-state index contributed by atoms with van der Waals surface area (Å²) >= 11 is 0. The van der Waals surface area contributed by atoms with Crippen molar-refractivity contribution in [3.63, 3.8) is 0 Å². The molecule has 2 aromatic rings. The number of nitrogens with one attached hydrogen (secondary N) is 1. The Morgan fingerprint density at radius 2 is 1.59 bits per heavy atom. The molecule has 1 saturated heterocycles. The molecule has 2 aromatic carbocycles. The molecule has 1 fully saturated rings. The van der Waals surface area contributed by atoms with Crippen molar-refractivity contribution in [1.29, 1.82) is 0 Å². The molecule has 32 heavy (non-hydrogen) atoms. The summed E-state index contributed by atoms with van der Waals surface area (Å²) < 4.78 is 51.3. The van der Waals surface area contributed by atoms with E-state index >= 15 is 0 Å². The molecule has 0 unspecified atom stereocenters. The van der Waals surface area contributed by atoms with Crippen molar-refractivity contribution < 1.29 is 21.6 Å². The lowest BCUT2D eigenvalue weighted by Gasteiger charge is -2.32. The number of piperidine rings is 1. The van der Waals surface area contributed by atoms with Crippen LogP contribution >= 0.6 is 0 Å². The van der Waals surface area contributed by atoms with Gasteiger partial charge in [-0.05, 0) is 61.1 Å². The Bertz CT molecular complexity index is 1200. The summed E-state index contributed by atoms with van der Waals surface area (Å²) in [4.78, 5) is 15.0. The van der Waals surface area contributed by atoms with E-state index in [4.69, 9.17) is 0 Å². The van der Waals surface area contributed by atoms with Crippen molar-refractivity contribution in [2.75, 3.05) is 38.2 Å². The van der Waals surface area contributed by atoms with Crippen LogP contribution < -0.4 is 4.72 Å². The van der Waals surface area contributed by atoms with Crippen LogP contribution in [0.25, 0.3) is 0 Å². The van der Waals surface area contributed by atoms with Gasteiger partial charge in [-0.25, -0.2) is 21.1 Å². The SMILES string of the molecule is Cc1ccc(C(=O)N2CCC(c3ccc(S(=O)(=O)N(C)C)cc3)CC2)cc1NS(C)(=O)=O. The predicted octanol–water partition coefficient (Wildman–Crippen LogP) is 2.64. The highest BCUT2D eigenvalue weighted by Crippen LogP contribution is 2.30. The van der Waals surface area contributed by atoms with Crippen molar-refractivity contribution in [3.05, 3.63) is 59.2 Å². The largest absolute Gasteiger partial charge is 0.339 e. The number of rotatable bonds is 6. The Balaban J connectivity index is 1.67. The highest BCUT2D eigenvalue weighted by molar-refractivity contribution is 7.92. The Kier molecular flexibility index (Phi) is 6.97. The number of anilines is 1. The summed E-state index contributed by atoms with van der Waals surface area (Å²) in [6.07, 6.45) is 2.62. The first kappa shape index (κ1) is 24.2. The molecule has 0 atom stereocenters. The first-order chi connectivity index (χ1) is 14.9. The van der Waals surface area contributed by atoms with Crippen molar-refractivity contribution in [2.24, 2.45) is 0 Å². The number of nitrogens with zero attached hydrogens (tertiary/aromatic N) is 2. The molecule has 0 saturated carbocycles. The van der Waals surface area contributed by atoms with E-state index in [1.54, 1.807) is 42.2 Å². The summed E-state index contributed by atoms with van der Waals surface area (Å²) in [5, 5.41) is 0. The van der Waals surface area contributed by atoms with Crippen LogP contribution in [0.15, 0.2) is 47.4 Å². The average molecular weight is 480 g/mol. The lowest BCUT2D eigenvalue weighted by Crippen LogP contribution is -2.38. The van der Waals surface area contributed by atoms with Gasteiger partial charge >= 0.3 is 0 Å². The van der Waals surface area contributed by atoms with Gasteiger partial charge in [0.2, 0.25) is 20.0 Å². The Morgan fingerprint density at radius 3 is 2.12 bits per heavy atom. The summed E-state index contributed by atoms with van der Waals surface area (Å²) in [5.41, 5.74) is 2.65. The highest BCUT2D eigenvalue weighted by atomic mass is 32.2. The number of sulfonamides is 2. The fraction of sp³-hybridized carbons (Fsp3) is 0.409. The van der Waals surface area contributed by atoms with Gasteiger partial charge in [0.05, 0.1) is 16.8 Å². The number of carbonyl (C=O) groups excluding carboxylic acids is 1. The standard InChI is InChI=1S/C22H29N3O5S2/c1-16-5-6-19(15-21(16)23-31(4,27)28)22(26)25-13-11-18(12-14-25)17-7-9-20(10-8-17)32(29,30)24(2)3/h5-10,15,18,23H,11-14H2,1-4H3. The molecular formula is C22H29N3O5S2. The minimum atomic E-state index is -3.46. The normalized spacial score (nSPS) is 15.7. The molecule has 10 heteroatoms. The van der Waals surface area contributed by atoms with Gasteiger partial charge in [-0.1, -0.05) is 18.2 Å². The monoisotopic (exact) mass is 479 g/mol. The summed E-state index contributed by atoms with van der Waals surface area (Å²) in [6.45, 7) is 2.93. The van der Waals surface area contributed by atoms with Gasteiger partial charge in [-0.2, -0.15) is 0 Å². The second-order valence-corrected chi connectivity index (χ2v) is 12.2. The Morgan fingerprint density at radius 1 is 1.00 bits per heavy atom. The smallest absolute Gasteiger partial charge is 0.253 e. The van der Waals surface area contributed by atoms with Gasteiger partial charge in [-0.3, -0.25) is 9.52 Å². The number of hydrogen-bond acceptors (Lipinski definition) is 5. The maximum absolute atomic E-state index is 13.0. The fourth-order valence-corrected chi connectivity index (χ4v) is 5.31. The summed E-state index contributed by atoms with van der Waals surface area (Å²) in [7, 11) is -3.88. The van der Waals surface area contributed by atoms with E-state index in [-0.39, 0.29) is 16.7 Å². The molecular weight excluding hydrogens is 450 g/mol. The van der Waals surface area contributed by atoms with Crippen molar-refractivity contribution in [3.8, 4) is 0 Å². The highest BCUT2D eigenvalue weighted by Gasteiger charge is 2.26. The van der Waals surface area contributed by atoms with Crippen LogP contribution in [0, 0.1) is 6.92 Å². The van der Waals surface area contributed by atoms with Crippen molar-refractivity contribution >= 4 is 31.6 Å². The minimum Gasteiger partial charge on any atom is -0.339 e. The zero-order chi connectivity index (χ0) is 23.7. The van der Waals surface area contributed by atoms with E-state index in [2.05, 4.69) is 4.72 Å². The van der Waals surface area contributed by atoms with Crippen molar-refractivity contribution in [2.45, 2.75) is 30.6 Å². The number of hydrogen-bond donors (Lipinski definition) is 1. The van der Waals surface area contributed by atoms with Crippen LogP contribution in [0.3, 0.4) is 0 Å². The second kappa shape index (κ2) is 9.21. The van der Waals surface area contributed by atoms with Gasteiger partial charge in [0.25, 0.3) is 5.91 Å². The summed E-state index contributed by atoms with van der Waals surface area (Å²) in [6, 6.07) is 12.0. The maximum Gasteiger partial charge on any atom is 0.253 e. The van der Waals surface area contributed by atoms with Gasteiger partial charge in [0.15, 0.2) is 0 Å². The quantitative estimate of drug-likeness (QED) is 0.686. The van der Waals surface area contributed by atoms with E-state index in [0.29, 0.717) is 24.3 Å². The molecule has 1 aliphatic rings. The van der Waals surface area contributed by atoms with E-state index in [0.717, 1.165) is 30.2 Å². The molecule has 1 N–H and O–H groups in total. The topological polar surface area (TPSA) is 104 Å². The molecule has 1 aliphatic heterocycles. The van der Waals surface area contributed by atoms with E-state index < -0.39 is 20.0 Å². The number of benzene rings is 2. The third kappa shape index (κ3) is 5.48. The van der Waals surface area contributed by atoms with Gasteiger partial charge < -0.3 is 4.90 Å². The molecule has 0 aliphatic carbocycles.